The van der Waals surface area contributed by atoms with E-state index in [2.05, 4.69) is 26.3 Å². The fraction of sp³-hybridized carbons (Fsp3) is 0.731. The van der Waals surface area contributed by atoms with Crippen LogP contribution in [-0.2, 0) is 9.47 Å². The Morgan fingerprint density at radius 1 is 1.18 bits per heavy atom. The lowest BCUT2D eigenvalue weighted by Crippen LogP contribution is -2.56. The Morgan fingerprint density at radius 3 is 2.62 bits per heavy atom. The first-order valence-electron chi connectivity index (χ1n) is 12.9. The third kappa shape index (κ3) is 4.02. The molecular formula is C26H37FN4O3. The highest BCUT2D eigenvalue weighted by molar-refractivity contribution is 5.53. The lowest BCUT2D eigenvalue weighted by atomic mass is 9.65. The standard InChI is InChI=1S/C26H37FN4O3/c1-3-33-19(2)31-15-25(16-31)5-4-21(11-25)29-6-8-30(9-7-29)24-23(10-20(27)14-28-24)34-22-12-26(13-22)17-32-18-26/h10,14,21-22H,2-9,11-13,15-18H2,1H3. The minimum absolute atomic E-state index is 0.142. The number of piperazine rings is 1. The minimum Gasteiger partial charge on any atom is -0.486 e. The fourth-order valence-corrected chi connectivity index (χ4v) is 6.81. The largest absolute Gasteiger partial charge is 0.486 e. The van der Waals surface area contributed by atoms with E-state index >= 15 is 0 Å². The summed E-state index contributed by atoms with van der Waals surface area (Å²) >= 11 is 0. The van der Waals surface area contributed by atoms with Gasteiger partial charge in [0.25, 0.3) is 0 Å². The summed E-state index contributed by atoms with van der Waals surface area (Å²) in [6.07, 6.45) is 7.27. The molecule has 0 amide bonds. The van der Waals surface area contributed by atoms with Crippen LogP contribution in [0.3, 0.4) is 0 Å². The van der Waals surface area contributed by atoms with E-state index in [4.69, 9.17) is 14.2 Å². The van der Waals surface area contributed by atoms with Crippen LogP contribution in [0.15, 0.2) is 24.7 Å². The van der Waals surface area contributed by atoms with Crippen LogP contribution in [0.5, 0.6) is 5.75 Å². The van der Waals surface area contributed by atoms with Crippen molar-refractivity contribution in [1.29, 1.82) is 0 Å². The molecule has 2 aliphatic carbocycles. The van der Waals surface area contributed by atoms with Gasteiger partial charge in [-0.1, -0.05) is 0 Å². The molecule has 1 unspecified atom stereocenters. The van der Waals surface area contributed by atoms with Crippen LogP contribution in [0.1, 0.15) is 39.0 Å². The van der Waals surface area contributed by atoms with Gasteiger partial charge in [-0.3, -0.25) is 4.90 Å². The van der Waals surface area contributed by atoms with Crippen LogP contribution in [-0.4, -0.2) is 86.0 Å². The van der Waals surface area contributed by atoms with Gasteiger partial charge in [0, 0.05) is 62.2 Å². The summed E-state index contributed by atoms with van der Waals surface area (Å²) in [6.45, 7) is 14.4. The maximum atomic E-state index is 14.0. The number of ether oxygens (including phenoxy) is 3. The van der Waals surface area contributed by atoms with Crippen molar-refractivity contribution in [3.8, 4) is 5.75 Å². The van der Waals surface area contributed by atoms with E-state index in [1.807, 2.05) is 6.92 Å². The van der Waals surface area contributed by atoms with E-state index in [9.17, 15) is 4.39 Å². The van der Waals surface area contributed by atoms with Gasteiger partial charge in [0.1, 0.15) is 11.9 Å². The van der Waals surface area contributed by atoms with Crippen molar-refractivity contribution in [3.63, 3.8) is 0 Å². The molecule has 186 valence electrons. The monoisotopic (exact) mass is 472 g/mol. The molecule has 1 atom stereocenters. The molecule has 1 aromatic heterocycles. The summed E-state index contributed by atoms with van der Waals surface area (Å²) in [6, 6.07) is 2.16. The number of hydrogen-bond donors (Lipinski definition) is 0. The van der Waals surface area contributed by atoms with Crippen molar-refractivity contribution < 1.29 is 18.6 Å². The zero-order valence-electron chi connectivity index (χ0n) is 20.3. The quantitative estimate of drug-likeness (QED) is 0.565. The molecule has 2 saturated carbocycles. The van der Waals surface area contributed by atoms with Gasteiger partial charge in [0.05, 0.1) is 26.0 Å². The van der Waals surface area contributed by atoms with E-state index in [1.54, 1.807) is 0 Å². The molecule has 8 heteroatoms. The number of rotatable bonds is 7. The topological polar surface area (TPSA) is 50.3 Å². The van der Waals surface area contributed by atoms with Gasteiger partial charge in [-0.15, -0.1) is 0 Å². The van der Waals surface area contributed by atoms with Gasteiger partial charge in [0.2, 0.25) is 0 Å². The Hall–Kier alpha value is -2.06. The molecule has 0 aromatic carbocycles. The van der Waals surface area contributed by atoms with Crippen LogP contribution in [0, 0.1) is 16.6 Å². The van der Waals surface area contributed by atoms with Gasteiger partial charge in [0.15, 0.2) is 17.5 Å². The van der Waals surface area contributed by atoms with Gasteiger partial charge >= 0.3 is 0 Å². The van der Waals surface area contributed by atoms with Crippen molar-refractivity contribution in [2.75, 3.05) is 64.0 Å². The highest BCUT2D eigenvalue weighted by Gasteiger charge is 2.52. The van der Waals surface area contributed by atoms with E-state index in [0.717, 1.165) is 77.0 Å². The second-order valence-electron chi connectivity index (χ2n) is 11.2. The van der Waals surface area contributed by atoms with Crippen molar-refractivity contribution in [1.82, 2.24) is 14.8 Å². The first kappa shape index (κ1) is 22.4. The van der Waals surface area contributed by atoms with Crippen molar-refractivity contribution in [3.05, 3.63) is 30.5 Å². The summed E-state index contributed by atoms with van der Waals surface area (Å²) in [4.78, 5) is 11.7. The fourth-order valence-electron chi connectivity index (χ4n) is 6.81. The van der Waals surface area contributed by atoms with Crippen molar-refractivity contribution in [2.45, 2.75) is 51.2 Å². The predicted octanol–water partition coefficient (Wildman–Crippen LogP) is 3.26. The first-order chi connectivity index (χ1) is 16.5. The molecule has 0 N–H and O–H groups in total. The average molecular weight is 473 g/mol. The SMILES string of the molecule is C=C(OCC)N1CC2(CCC(N3CCN(c4ncc(F)cc4OC4CC5(COC5)C4)CC3)C2)C1. The van der Waals surface area contributed by atoms with Crippen LogP contribution in [0.2, 0.25) is 0 Å². The lowest BCUT2D eigenvalue weighted by molar-refractivity contribution is -0.191. The molecule has 3 saturated heterocycles. The predicted molar refractivity (Wildman–Crippen MR) is 127 cm³/mol. The van der Waals surface area contributed by atoms with Crippen molar-refractivity contribution >= 4 is 5.82 Å². The molecule has 2 spiro atoms. The van der Waals surface area contributed by atoms with Crippen LogP contribution < -0.4 is 9.64 Å². The van der Waals surface area contributed by atoms with Crippen LogP contribution in [0.4, 0.5) is 10.2 Å². The number of anilines is 1. The summed E-state index contributed by atoms with van der Waals surface area (Å²) < 4.78 is 31.2. The molecule has 0 radical (unpaired) electrons. The molecule has 5 aliphatic rings. The third-order valence-electron chi connectivity index (χ3n) is 8.75. The molecule has 5 fully saturated rings. The first-order valence-corrected chi connectivity index (χ1v) is 12.9. The number of likely N-dealkylation sites (tertiary alicyclic amines) is 1. The molecule has 6 rings (SSSR count). The summed E-state index contributed by atoms with van der Waals surface area (Å²) in [5.41, 5.74) is 0.760. The van der Waals surface area contributed by atoms with Gasteiger partial charge in [-0.2, -0.15) is 0 Å². The maximum Gasteiger partial charge on any atom is 0.181 e. The smallest absolute Gasteiger partial charge is 0.181 e. The maximum absolute atomic E-state index is 14.0. The molecule has 1 aromatic rings. The molecule has 4 heterocycles. The molecule has 0 bridgehead atoms. The number of halogens is 1. The second kappa shape index (κ2) is 8.55. The zero-order chi connectivity index (χ0) is 23.3. The Kier molecular flexibility index (Phi) is 5.64. The van der Waals surface area contributed by atoms with E-state index < -0.39 is 0 Å². The minimum atomic E-state index is -0.337. The number of nitrogens with zero attached hydrogens (tertiary/aromatic N) is 4. The Balaban J connectivity index is 1.02. The lowest BCUT2D eigenvalue weighted by Gasteiger charge is -2.52. The zero-order valence-corrected chi connectivity index (χ0v) is 20.3. The summed E-state index contributed by atoms with van der Waals surface area (Å²) in [7, 11) is 0. The number of aromatic nitrogens is 1. The number of pyridine rings is 1. The summed E-state index contributed by atoms with van der Waals surface area (Å²) in [5, 5.41) is 0. The highest BCUT2D eigenvalue weighted by Crippen LogP contribution is 2.50. The molecule has 34 heavy (non-hydrogen) atoms. The van der Waals surface area contributed by atoms with E-state index in [0.29, 0.717) is 29.2 Å². The van der Waals surface area contributed by atoms with Gasteiger partial charge in [-0.25, -0.2) is 9.37 Å². The Morgan fingerprint density at radius 2 is 1.94 bits per heavy atom. The molecular weight excluding hydrogens is 435 g/mol. The van der Waals surface area contributed by atoms with E-state index in [-0.39, 0.29) is 11.9 Å². The second-order valence-corrected chi connectivity index (χ2v) is 11.2. The highest BCUT2D eigenvalue weighted by atomic mass is 19.1. The normalized spacial score (nSPS) is 27.9. The van der Waals surface area contributed by atoms with Crippen LogP contribution in [0.25, 0.3) is 0 Å². The summed E-state index contributed by atoms with van der Waals surface area (Å²) in [5.74, 6) is 1.88. The van der Waals surface area contributed by atoms with Crippen molar-refractivity contribution in [2.24, 2.45) is 10.8 Å². The molecule has 7 nitrogen and oxygen atoms in total. The third-order valence-corrected chi connectivity index (χ3v) is 8.75. The Labute approximate surface area is 201 Å². The Bertz CT molecular complexity index is 917. The van der Waals surface area contributed by atoms with Gasteiger partial charge < -0.3 is 24.0 Å². The van der Waals surface area contributed by atoms with Crippen LogP contribution >= 0.6 is 0 Å². The van der Waals surface area contributed by atoms with E-state index in [1.165, 1.54) is 31.5 Å². The van der Waals surface area contributed by atoms with Gasteiger partial charge in [-0.05, 0) is 45.6 Å². The molecule has 3 aliphatic heterocycles. The number of hydrogen-bond acceptors (Lipinski definition) is 7. The average Bonchev–Trinajstić information content (AvgIpc) is 3.20.